The van der Waals surface area contributed by atoms with Crippen molar-refractivity contribution in [2.75, 3.05) is 12.4 Å². The second-order valence-electron chi connectivity index (χ2n) is 5.92. The van der Waals surface area contributed by atoms with Gasteiger partial charge < -0.3 is 15.2 Å². The number of hydrogen-bond donors (Lipinski definition) is 3. The van der Waals surface area contributed by atoms with Gasteiger partial charge in [0.2, 0.25) is 0 Å². The van der Waals surface area contributed by atoms with Crippen LogP contribution in [0.25, 0.3) is 0 Å². The van der Waals surface area contributed by atoms with E-state index in [0.717, 1.165) is 11.3 Å². The topological polar surface area (TPSA) is 101 Å². The quantitative estimate of drug-likeness (QED) is 0.674. The average molecular weight is 357 g/mol. The number of carbonyl (C=O) groups is 2. The van der Waals surface area contributed by atoms with Crippen LogP contribution in [0.4, 0.5) is 10.6 Å². The third-order valence-electron chi connectivity index (χ3n) is 3.82. The molecule has 3 N–H and O–H groups in total. The first-order chi connectivity index (χ1) is 12.5. The molecule has 0 saturated heterocycles. The zero-order valence-corrected chi connectivity index (χ0v) is 14.9. The maximum absolute atomic E-state index is 12.4. The van der Waals surface area contributed by atoms with Gasteiger partial charge in [-0.1, -0.05) is 30.3 Å². The Morgan fingerprint density at radius 3 is 2.58 bits per heavy atom. The molecule has 0 bridgehead atoms. The van der Waals surface area contributed by atoms with Gasteiger partial charge >= 0.3 is 12.0 Å². The van der Waals surface area contributed by atoms with Gasteiger partial charge in [0, 0.05) is 18.2 Å². The molecule has 0 aliphatic heterocycles. The number of urea groups is 1. The smallest absolute Gasteiger partial charge is 0.320 e. The number of rotatable bonds is 8. The van der Waals surface area contributed by atoms with Crippen molar-refractivity contribution in [2.45, 2.75) is 32.2 Å². The van der Waals surface area contributed by atoms with Crippen LogP contribution in [-0.4, -0.2) is 35.2 Å². The largest absolute Gasteiger partial charge is 0.493 e. The number of carboxylic acid groups (broad SMARTS) is 1. The number of aromatic nitrogens is 1. The van der Waals surface area contributed by atoms with E-state index in [1.165, 1.54) is 7.11 Å². The molecular weight excluding hydrogens is 334 g/mol. The van der Waals surface area contributed by atoms with Crippen molar-refractivity contribution >= 4 is 17.8 Å². The molecule has 1 aromatic carbocycles. The van der Waals surface area contributed by atoms with Crippen LogP contribution in [0.15, 0.2) is 42.5 Å². The lowest BCUT2D eigenvalue weighted by molar-refractivity contribution is -0.137. The summed E-state index contributed by atoms with van der Waals surface area (Å²) in [5, 5.41) is 14.4. The third-order valence-corrected chi connectivity index (χ3v) is 3.82. The van der Waals surface area contributed by atoms with E-state index in [-0.39, 0.29) is 12.5 Å². The summed E-state index contributed by atoms with van der Waals surface area (Å²) < 4.78 is 5.20. The highest BCUT2D eigenvalue weighted by atomic mass is 16.5. The van der Waals surface area contributed by atoms with Crippen LogP contribution in [-0.2, 0) is 11.2 Å². The Balaban J connectivity index is 2.05. The van der Waals surface area contributed by atoms with E-state index in [2.05, 4.69) is 15.6 Å². The SMILES string of the molecule is COc1ccc(C)nc1NC(=O)NC(CCC(=O)O)Cc1ccccc1. The van der Waals surface area contributed by atoms with Crippen LogP contribution in [0, 0.1) is 6.92 Å². The summed E-state index contributed by atoms with van der Waals surface area (Å²) >= 11 is 0. The number of benzene rings is 1. The molecule has 138 valence electrons. The molecule has 2 rings (SSSR count). The minimum Gasteiger partial charge on any atom is -0.493 e. The molecule has 7 nitrogen and oxygen atoms in total. The molecule has 0 fully saturated rings. The van der Waals surface area contributed by atoms with Crippen molar-refractivity contribution < 1.29 is 19.4 Å². The molecule has 1 unspecified atom stereocenters. The number of aliphatic carboxylic acids is 1. The Morgan fingerprint density at radius 2 is 1.92 bits per heavy atom. The summed E-state index contributed by atoms with van der Waals surface area (Å²) in [6.07, 6.45) is 0.847. The molecule has 0 aliphatic rings. The van der Waals surface area contributed by atoms with Crippen molar-refractivity contribution in [3.05, 3.63) is 53.7 Å². The summed E-state index contributed by atoms with van der Waals surface area (Å²) in [4.78, 5) is 27.5. The maximum atomic E-state index is 12.4. The van der Waals surface area contributed by atoms with Crippen LogP contribution in [0.2, 0.25) is 0 Å². The third kappa shape index (κ3) is 6.08. The van der Waals surface area contributed by atoms with Crippen molar-refractivity contribution in [2.24, 2.45) is 0 Å². The first-order valence-corrected chi connectivity index (χ1v) is 8.33. The van der Waals surface area contributed by atoms with Gasteiger partial charge in [-0.15, -0.1) is 0 Å². The van der Waals surface area contributed by atoms with Crippen molar-refractivity contribution in [3.8, 4) is 5.75 Å². The van der Waals surface area contributed by atoms with Gasteiger partial charge in [-0.2, -0.15) is 0 Å². The molecule has 26 heavy (non-hydrogen) atoms. The van der Waals surface area contributed by atoms with Crippen LogP contribution in [0.5, 0.6) is 5.75 Å². The Labute approximate surface area is 152 Å². The Bertz CT molecular complexity index is 750. The Morgan fingerprint density at radius 1 is 1.19 bits per heavy atom. The van der Waals surface area contributed by atoms with E-state index < -0.39 is 12.0 Å². The highest BCUT2D eigenvalue weighted by Crippen LogP contribution is 2.21. The summed E-state index contributed by atoms with van der Waals surface area (Å²) in [7, 11) is 1.50. The predicted octanol–water partition coefficient (Wildman–Crippen LogP) is 3.00. The monoisotopic (exact) mass is 357 g/mol. The molecule has 1 aromatic heterocycles. The van der Waals surface area contributed by atoms with Crippen molar-refractivity contribution in [3.63, 3.8) is 0 Å². The van der Waals surface area contributed by atoms with Crippen molar-refractivity contribution in [1.82, 2.24) is 10.3 Å². The number of amides is 2. The fraction of sp³-hybridized carbons (Fsp3) is 0.316. The number of nitrogens with zero attached hydrogens (tertiary/aromatic N) is 1. The van der Waals surface area contributed by atoms with Crippen LogP contribution in [0.1, 0.15) is 24.1 Å². The summed E-state index contributed by atoms with van der Waals surface area (Å²) in [6, 6.07) is 12.4. The number of methoxy groups -OCH3 is 1. The minimum absolute atomic E-state index is 0.0240. The predicted molar refractivity (Wildman–Crippen MR) is 98.5 cm³/mol. The second kappa shape index (κ2) is 9.41. The molecular formula is C19H23N3O4. The average Bonchev–Trinajstić information content (AvgIpc) is 2.60. The molecule has 1 atom stereocenters. The molecule has 0 aliphatic carbocycles. The fourth-order valence-electron chi connectivity index (χ4n) is 2.55. The standard InChI is InChI=1S/C19H23N3O4/c1-13-8-10-16(26-2)18(20-13)22-19(25)21-15(9-11-17(23)24)12-14-6-4-3-5-7-14/h3-8,10,15H,9,11-12H2,1-2H3,(H,23,24)(H2,20,21,22,25). The number of carbonyl (C=O) groups excluding carboxylic acids is 1. The summed E-state index contributed by atoms with van der Waals surface area (Å²) in [5.41, 5.74) is 1.77. The highest BCUT2D eigenvalue weighted by molar-refractivity contribution is 5.90. The van der Waals surface area contributed by atoms with Gasteiger partial charge in [-0.05, 0) is 37.5 Å². The number of pyridine rings is 1. The molecule has 7 heteroatoms. The first-order valence-electron chi connectivity index (χ1n) is 8.33. The molecule has 0 radical (unpaired) electrons. The number of hydrogen-bond acceptors (Lipinski definition) is 4. The first kappa shape index (κ1) is 19.2. The fourth-order valence-corrected chi connectivity index (χ4v) is 2.55. The number of anilines is 1. The van der Waals surface area contributed by atoms with Crippen LogP contribution in [0.3, 0.4) is 0 Å². The second-order valence-corrected chi connectivity index (χ2v) is 5.92. The minimum atomic E-state index is -0.896. The lowest BCUT2D eigenvalue weighted by atomic mass is 10.0. The lowest BCUT2D eigenvalue weighted by Gasteiger charge is -2.19. The van der Waals surface area contributed by atoms with Gasteiger partial charge in [-0.3, -0.25) is 10.1 Å². The van der Waals surface area contributed by atoms with Gasteiger partial charge in [-0.25, -0.2) is 9.78 Å². The van der Waals surface area contributed by atoms with E-state index in [0.29, 0.717) is 24.4 Å². The number of ether oxygens (including phenoxy) is 1. The lowest BCUT2D eigenvalue weighted by Crippen LogP contribution is -2.39. The van der Waals surface area contributed by atoms with E-state index >= 15 is 0 Å². The van der Waals surface area contributed by atoms with Gasteiger partial charge in [0.15, 0.2) is 11.6 Å². The van der Waals surface area contributed by atoms with Crippen molar-refractivity contribution in [1.29, 1.82) is 0 Å². The van der Waals surface area contributed by atoms with Crippen LogP contribution >= 0.6 is 0 Å². The molecule has 1 heterocycles. The van der Waals surface area contributed by atoms with E-state index in [1.54, 1.807) is 12.1 Å². The van der Waals surface area contributed by atoms with E-state index in [1.807, 2.05) is 37.3 Å². The number of carboxylic acids is 1. The summed E-state index contributed by atoms with van der Waals surface area (Å²) in [5.74, 6) is -0.120. The number of nitrogens with one attached hydrogen (secondary N) is 2. The van der Waals surface area contributed by atoms with Crippen LogP contribution < -0.4 is 15.4 Å². The van der Waals surface area contributed by atoms with Gasteiger partial charge in [0.25, 0.3) is 0 Å². The van der Waals surface area contributed by atoms with E-state index in [4.69, 9.17) is 9.84 Å². The molecule has 0 saturated carbocycles. The summed E-state index contributed by atoms with van der Waals surface area (Å²) in [6.45, 7) is 1.81. The normalized spacial score (nSPS) is 11.5. The van der Waals surface area contributed by atoms with Gasteiger partial charge in [0.05, 0.1) is 7.11 Å². The molecule has 2 amide bonds. The van der Waals surface area contributed by atoms with E-state index in [9.17, 15) is 9.59 Å². The molecule has 2 aromatic rings. The highest BCUT2D eigenvalue weighted by Gasteiger charge is 2.16. The number of aryl methyl sites for hydroxylation is 1. The Hall–Kier alpha value is -3.09. The maximum Gasteiger partial charge on any atom is 0.320 e. The zero-order chi connectivity index (χ0) is 18.9. The zero-order valence-electron chi connectivity index (χ0n) is 14.9. The molecule has 0 spiro atoms. The van der Waals surface area contributed by atoms with Gasteiger partial charge in [0.1, 0.15) is 0 Å². The Kier molecular flexibility index (Phi) is 6.96.